The van der Waals surface area contributed by atoms with Crippen LogP contribution in [0, 0.1) is 11.6 Å². The van der Waals surface area contributed by atoms with E-state index in [0.29, 0.717) is 13.1 Å². The molecule has 4 nitrogen and oxygen atoms in total. The van der Waals surface area contributed by atoms with Crippen molar-refractivity contribution in [1.29, 1.82) is 0 Å². The van der Waals surface area contributed by atoms with Gasteiger partial charge in [0.15, 0.2) is 11.6 Å². The molecule has 0 bridgehead atoms. The molecule has 0 fully saturated rings. The quantitative estimate of drug-likeness (QED) is 0.705. The van der Waals surface area contributed by atoms with Gasteiger partial charge in [-0.15, -0.1) is 0 Å². The number of carbonyl (C=O) groups excluding carboxylic acids is 1. The summed E-state index contributed by atoms with van der Waals surface area (Å²) in [5.41, 5.74) is 5.35. The number of amides is 2. The lowest BCUT2D eigenvalue weighted by Gasteiger charge is -2.06. The molecular weight excluding hydrogens is 204 g/mol. The van der Waals surface area contributed by atoms with Crippen LogP contribution >= 0.6 is 0 Å². The first kappa shape index (κ1) is 11.4. The Bertz CT molecular complexity index is 357. The van der Waals surface area contributed by atoms with Crippen molar-refractivity contribution in [2.75, 3.05) is 18.4 Å². The molecule has 2 amide bonds. The van der Waals surface area contributed by atoms with Crippen LogP contribution in [0.25, 0.3) is 0 Å². The molecule has 0 aromatic heterocycles. The minimum Gasteiger partial charge on any atom is -0.337 e. The van der Waals surface area contributed by atoms with Gasteiger partial charge < -0.3 is 16.4 Å². The van der Waals surface area contributed by atoms with Crippen LogP contribution in [-0.4, -0.2) is 19.1 Å². The summed E-state index contributed by atoms with van der Waals surface area (Å²) in [6.07, 6.45) is 0. The summed E-state index contributed by atoms with van der Waals surface area (Å²) >= 11 is 0. The third kappa shape index (κ3) is 3.51. The van der Waals surface area contributed by atoms with Crippen LogP contribution in [0.3, 0.4) is 0 Å². The van der Waals surface area contributed by atoms with Gasteiger partial charge >= 0.3 is 6.03 Å². The lowest BCUT2D eigenvalue weighted by atomic mass is 10.3. The highest BCUT2D eigenvalue weighted by molar-refractivity contribution is 5.89. The molecule has 0 unspecified atom stereocenters. The Kier molecular flexibility index (Phi) is 3.99. The fourth-order valence-corrected chi connectivity index (χ4v) is 0.935. The van der Waals surface area contributed by atoms with E-state index < -0.39 is 17.7 Å². The Labute approximate surface area is 85.5 Å². The summed E-state index contributed by atoms with van der Waals surface area (Å²) in [6, 6.07) is 2.59. The summed E-state index contributed by atoms with van der Waals surface area (Å²) in [5.74, 6) is -1.96. The van der Waals surface area contributed by atoms with Crippen LogP contribution in [0.2, 0.25) is 0 Å². The smallest absolute Gasteiger partial charge is 0.319 e. The van der Waals surface area contributed by atoms with Gasteiger partial charge in [-0.2, -0.15) is 0 Å². The average Bonchev–Trinajstić information content (AvgIpc) is 2.20. The second-order valence-corrected chi connectivity index (χ2v) is 2.80. The Morgan fingerprint density at radius 2 is 2.07 bits per heavy atom. The van der Waals surface area contributed by atoms with Crippen molar-refractivity contribution in [1.82, 2.24) is 5.32 Å². The van der Waals surface area contributed by atoms with Gasteiger partial charge in [-0.3, -0.25) is 0 Å². The van der Waals surface area contributed by atoms with Crippen molar-refractivity contribution < 1.29 is 13.6 Å². The molecule has 6 heteroatoms. The zero-order valence-corrected chi connectivity index (χ0v) is 7.89. The highest BCUT2D eigenvalue weighted by Crippen LogP contribution is 2.12. The van der Waals surface area contributed by atoms with Gasteiger partial charge in [0.1, 0.15) is 0 Å². The topological polar surface area (TPSA) is 67.1 Å². The number of halogens is 2. The second-order valence-electron chi connectivity index (χ2n) is 2.80. The van der Waals surface area contributed by atoms with Crippen LogP contribution < -0.4 is 16.4 Å². The van der Waals surface area contributed by atoms with Crippen molar-refractivity contribution >= 4 is 11.7 Å². The third-order valence-corrected chi connectivity index (χ3v) is 1.61. The Balaban J connectivity index is 2.57. The predicted octanol–water partition coefficient (Wildman–Crippen LogP) is 1.04. The van der Waals surface area contributed by atoms with E-state index in [1.54, 1.807) is 0 Å². The number of hydrogen-bond acceptors (Lipinski definition) is 2. The fraction of sp³-hybridized carbons (Fsp3) is 0.222. The van der Waals surface area contributed by atoms with Crippen molar-refractivity contribution in [3.8, 4) is 0 Å². The molecule has 0 aliphatic rings. The van der Waals surface area contributed by atoms with Gasteiger partial charge in [-0.1, -0.05) is 0 Å². The Hall–Kier alpha value is -1.69. The lowest BCUT2D eigenvalue weighted by molar-refractivity contribution is 0.252. The second kappa shape index (κ2) is 5.26. The van der Waals surface area contributed by atoms with Crippen molar-refractivity contribution in [2.24, 2.45) is 5.73 Å². The zero-order chi connectivity index (χ0) is 11.3. The third-order valence-electron chi connectivity index (χ3n) is 1.61. The maximum Gasteiger partial charge on any atom is 0.319 e. The van der Waals surface area contributed by atoms with E-state index in [0.717, 1.165) is 12.1 Å². The normalized spacial score (nSPS) is 9.80. The molecule has 0 saturated heterocycles. The number of benzene rings is 1. The molecule has 0 saturated carbocycles. The monoisotopic (exact) mass is 215 g/mol. The summed E-state index contributed by atoms with van der Waals surface area (Å²) in [4.78, 5) is 11.1. The van der Waals surface area contributed by atoms with Gasteiger partial charge in [0.2, 0.25) is 0 Å². The molecule has 1 aromatic carbocycles. The average molecular weight is 215 g/mol. The highest BCUT2D eigenvalue weighted by atomic mass is 19.2. The fourth-order valence-electron chi connectivity index (χ4n) is 0.935. The number of anilines is 1. The first-order valence-electron chi connectivity index (χ1n) is 4.33. The van der Waals surface area contributed by atoms with Crippen molar-refractivity contribution in [3.05, 3.63) is 29.8 Å². The van der Waals surface area contributed by atoms with Crippen LogP contribution in [0.5, 0.6) is 0 Å². The van der Waals surface area contributed by atoms with E-state index >= 15 is 0 Å². The number of urea groups is 1. The van der Waals surface area contributed by atoms with Gasteiger partial charge in [0.25, 0.3) is 0 Å². The summed E-state index contributed by atoms with van der Waals surface area (Å²) in [6.45, 7) is 0.626. The summed E-state index contributed by atoms with van der Waals surface area (Å²) in [5, 5.41) is 4.76. The SMILES string of the molecule is NCCNC(=O)Nc1ccc(F)c(F)c1. The molecule has 4 N–H and O–H groups in total. The summed E-state index contributed by atoms with van der Waals surface area (Å²) in [7, 11) is 0. The van der Waals surface area contributed by atoms with E-state index in [2.05, 4.69) is 10.6 Å². The van der Waals surface area contributed by atoms with Crippen LogP contribution in [0.1, 0.15) is 0 Å². The lowest BCUT2D eigenvalue weighted by Crippen LogP contribution is -2.32. The number of nitrogens with one attached hydrogen (secondary N) is 2. The van der Waals surface area contributed by atoms with E-state index in [1.165, 1.54) is 6.07 Å². The van der Waals surface area contributed by atoms with Crippen LogP contribution in [-0.2, 0) is 0 Å². The van der Waals surface area contributed by atoms with Crippen LogP contribution in [0.4, 0.5) is 19.3 Å². The number of nitrogens with two attached hydrogens (primary N) is 1. The molecule has 0 radical (unpaired) electrons. The number of hydrogen-bond donors (Lipinski definition) is 3. The standard InChI is InChI=1S/C9H11F2N3O/c10-7-2-1-6(5-8(7)11)14-9(15)13-4-3-12/h1-2,5H,3-4,12H2,(H2,13,14,15). The molecule has 0 atom stereocenters. The molecule has 1 aromatic rings. The maximum absolute atomic E-state index is 12.7. The highest BCUT2D eigenvalue weighted by Gasteiger charge is 2.04. The van der Waals surface area contributed by atoms with E-state index in [9.17, 15) is 13.6 Å². The predicted molar refractivity (Wildman–Crippen MR) is 52.4 cm³/mol. The van der Waals surface area contributed by atoms with E-state index in [1.807, 2.05) is 0 Å². The van der Waals surface area contributed by atoms with Crippen molar-refractivity contribution in [2.45, 2.75) is 0 Å². The summed E-state index contributed by atoms with van der Waals surface area (Å²) < 4.78 is 25.2. The molecule has 0 aliphatic heterocycles. The molecule has 15 heavy (non-hydrogen) atoms. The van der Waals surface area contributed by atoms with Crippen LogP contribution in [0.15, 0.2) is 18.2 Å². The first-order chi connectivity index (χ1) is 7.13. The van der Waals surface area contributed by atoms with Gasteiger partial charge in [0, 0.05) is 24.8 Å². The Morgan fingerprint density at radius 3 is 2.67 bits per heavy atom. The van der Waals surface area contributed by atoms with E-state index in [-0.39, 0.29) is 5.69 Å². The molecule has 0 heterocycles. The minimum atomic E-state index is -1.01. The Morgan fingerprint density at radius 1 is 1.33 bits per heavy atom. The molecule has 82 valence electrons. The van der Waals surface area contributed by atoms with Crippen molar-refractivity contribution in [3.63, 3.8) is 0 Å². The number of carbonyl (C=O) groups is 1. The minimum absolute atomic E-state index is 0.184. The van der Waals surface area contributed by atoms with Gasteiger partial charge in [0.05, 0.1) is 0 Å². The maximum atomic E-state index is 12.7. The van der Waals surface area contributed by atoms with Gasteiger partial charge in [-0.05, 0) is 12.1 Å². The molecule has 0 aliphatic carbocycles. The molecular formula is C9H11F2N3O. The molecule has 1 rings (SSSR count). The molecule has 0 spiro atoms. The van der Waals surface area contributed by atoms with Gasteiger partial charge in [-0.25, -0.2) is 13.6 Å². The zero-order valence-electron chi connectivity index (χ0n) is 7.89. The number of rotatable bonds is 3. The first-order valence-corrected chi connectivity index (χ1v) is 4.33. The largest absolute Gasteiger partial charge is 0.337 e. The van der Waals surface area contributed by atoms with E-state index in [4.69, 9.17) is 5.73 Å².